The van der Waals surface area contributed by atoms with Crippen molar-refractivity contribution in [3.8, 4) is 17.2 Å². The molecule has 0 spiro atoms. The Bertz CT molecular complexity index is 1160. The Labute approximate surface area is 190 Å². The van der Waals surface area contributed by atoms with Crippen LogP contribution in [0.3, 0.4) is 0 Å². The molecule has 9 heteroatoms. The molecule has 8 nitrogen and oxygen atoms in total. The van der Waals surface area contributed by atoms with E-state index in [1.54, 1.807) is 6.07 Å². The molecular weight excluding hydrogens is 430 g/mol. The second-order valence-corrected chi connectivity index (χ2v) is 7.69. The number of aliphatic hydroxyl groups is 1. The molecule has 2 heterocycles. The van der Waals surface area contributed by atoms with E-state index >= 15 is 0 Å². The number of ether oxygens (including phenoxy) is 3. The minimum Gasteiger partial charge on any atom is -0.494 e. The maximum absolute atomic E-state index is 12.7. The monoisotopic (exact) mass is 455 g/mol. The highest BCUT2D eigenvalue weighted by molar-refractivity contribution is 7.80. The second-order valence-electron chi connectivity index (χ2n) is 7.30. The lowest BCUT2D eigenvalue weighted by molar-refractivity contribution is 0.174. The SMILES string of the molecule is CCOc1ccc(NC(=S)N(CCCO)Cc2cc3cc4c(cc3[nH]c2=O)OCO4)cc1. The normalized spacial score (nSPS) is 12.1. The Balaban J connectivity index is 1.54. The third-order valence-electron chi connectivity index (χ3n) is 5.07. The lowest BCUT2D eigenvalue weighted by atomic mass is 10.1. The molecule has 4 rings (SSSR count). The number of pyridine rings is 1. The van der Waals surface area contributed by atoms with Gasteiger partial charge in [0.15, 0.2) is 16.6 Å². The van der Waals surface area contributed by atoms with Crippen LogP contribution in [0.5, 0.6) is 17.2 Å². The average Bonchev–Trinajstić information content (AvgIpc) is 3.24. The van der Waals surface area contributed by atoms with Crippen molar-refractivity contribution in [3.05, 3.63) is 58.4 Å². The van der Waals surface area contributed by atoms with Crippen molar-refractivity contribution in [2.24, 2.45) is 0 Å². The van der Waals surface area contributed by atoms with E-state index in [9.17, 15) is 9.90 Å². The molecule has 0 saturated heterocycles. The molecule has 168 valence electrons. The molecule has 0 fully saturated rings. The fourth-order valence-corrected chi connectivity index (χ4v) is 3.76. The lowest BCUT2D eigenvalue weighted by Gasteiger charge is -2.25. The van der Waals surface area contributed by atoms with Gasteiger partial charge in [-0.15, -0.1) is 0 Å². The molecule has 0 atom stereocenters. The van der Waals surface area contributed by atoms with Crippen LogP contribution in [-0.4, -0.2) is 46.7 Å². The van der Waals surface area contributed by atoms with E-state index in [0.29, 0.717) is 53.8 Å². The summed E-state index contributed by atoms with van der Waals surface area (Å²) in [5.41, 5.74) is 1.85. The van der Waals surface area contributed by atoms with Crippen molar-refractivity contribution < 1.29 is 19.3 Å². The largest absolute Gasteiger partial charge is 0.494 e. The lowest BCUT2D eigenvalue weighted by Crippen LogP contribution is -2.37. The topological polar surface area (TPSA) is 96.1 Å². The van der Waals surface area contributed by atoms with Gasteiger partial charge in [0.25, 0.3) is 5.56 Å². The van der Waals surface area contributed by atoms with Crippen LogP contribution in [0, 0.1) is 0 Å². The number of fused-ring (bicyclic) bond motifs is 2. The summed E-state index contributed by atoms with van der Waals surface area (Å²) in [6.45, 7) is 3.52. The van der Waals surface area contributed by atoms with Crippen LogP contribution in [0.4, 0.5) is 5.69 Å². The number of anilines is 1. The molecule has 0 unspecified atom stereocenters. The third kappa shape index (κ3) is 4.95. The van der Waals surface area contributed by atoms with Crippen LogP contribution in [0.2, 0.25) is 0 Å². The number of aliphatic hydroxyl groups excluding tert-OH is 1. The molecule has 3 N–H and O–H groups in total. The van der Waals surface area contributed by atoms with E-state index in [4.69, 9.17) is 26.4 Å². The van der Waals surface area contributed by atoms with Gasteiger partial charge >= 0.3 is 0 Å². The van der Waals surface area contributed by atoms with Crippen LogP contribution in [0.15, 0.2) is 47.3 Å². The van der Waals surface area contributed by atoms with Gasteiger partial charge < -0.3 is 34.5 Å². The number of H-pyrrole nitrogens is 1. The first-order valence-corrected chi connectivity index (χ1v) is 10.8. The molecule has 3 aromatic rings. The molecule has 2 aromatic carbocycles. The van der Waals surface area contributed by atoms with Crippen molar-refractivity contribution in [1.82, 2.24) is 9.88 Å². The van der Waals surface area contributed by atoms with Crippen LogP contribution < -0.4 is 25.1 Å². The Morgan fingerprint density at radius 2 is 1.97 bits per heavy atom. The zero-order chi connectivity index (χ0) is 22.5. The number of hydrogen-bond donors (Lipinski definition) is 3. The van der Waals surface area contributed by atoms with Crippen LogP contribution in [0.1, 0.15) is 18.9 Å². The number of aromatic nitrogens is 1. The molecule has 0 saturated carbocycles. The fraction of sp³-hybridized carbons (Fsp3) is 0.304. The predicted molar refractivity (Wildman–Crippen MR) is 127 cm³/mol. The van der Waals surface area contributed by atoms with Gasteiger partial charge in [-0.3, -0.25) is 4.79 Å². The third-order valence-corrected chi connectivity index (χ3v) is 5.43. The Morgan fingerprint density at radius 3 is 2.69 bits per heavy atom. The van der Waals surface area contributed by atoms with Crippen molar-refractivity contribution in [2.75, 3.05) is 31.9 Å². The Hall–Kier alpha value is -3.30. The summed E-state index contributed by atoms with van der Waals surface area (Å²) < 4.78 is 16.3. The highest BCUT2D eigenvalue weighted by atomic mass is 32.1. The minimum absolute atomic E-state index is 0.0275. The fourth-order valence-electron chi connectivity index (χ4n) is 3.48. The van der Waals surface area contributed by atoms with Crippen molar-refractivity contribution >= 4 is 33.9 Å². The molecule has 0 radical (unpaired) electrons. The molecule has 1 aliphatic rings. The number of benzene rings is 2. The Kier molecular flexibility index (Phi) is 6.77. The van der Waals surface area contributed by atoms with Gasteiger partial charge in [-0.25, -0.2) is 0 Å². The standard InChI is InChI=1S/C23H25N3O5S/c1-2-29-18-6-4-17(5-7-18)24-23(32)26(8-3-9-27)13-16-10-15-11-20-21(31-14-30-20)12-19(15)25-22(16)28/h4-7,10-12,27H,2-3,8-9,13-14H2,1H3,(H,24,32)(H,25,28). The van der Waals surface area contributed by atoms with Gasteiger partial charge in [0.05, 0.1) is 18.7 Å². The van der Waals surface area contributed by atoms with Gasteiger partial charge in [-0.1, -0.05) is 0 Å². The number of hydrogen-bond acceptors (Lipinski definition) is 6. The van der Waals surface area contributed by atoms with Gasteiger partial charge in [0, 0.05) is 35.9 Å². The van der Waals surface area contributed by atoms with Gasteiger partial charge in [-0.05, 0) is 62.0 Å². The highest BCUT2D eigenvalue weighted by Crippen LogP contribution is 2.35. The quantitative estimate of drug-likeness (QED) is 0.446. The average molecular weight is 456 g/mol. The first-order valence-electron chi connectivity index (χ1n) is 10.4. The van der Waals surface area contributed by atoms with E-state index in [0.717, 1.165) is 16.8 Å². The molecule has 1 aromatic heterocycles. The van der Waals surface area contributed by atoms with Crippen molar-refractivity contribution in [1.29, 1.82) is 0 Å². The van der Waals surface area contributed by atoms with E-state index in [2.05, 4.69) is 10.3 Å². The number of aromatic amines is 1. The van der Waals surface area contributed by atoms with E-state index in [1.165, 1.54) is 0 Å². The number of nitrogens with zero attached hydrogens (tertiary/aromatic N) is 1. The maximum Gasteiger partial charge on any atom is 0.253 e. The number of thiocarbonyl (C=S) groups is 1. The van der Waals surface area contributed by atoms with Crippen molar-refractivity contribution in [3.63, 3.8) is 0 Å². The minimum atomic E-state index is -0.200. The van der Waals surface area contributed by atoms with Crippen LogP contribution in [-0.2, 0) is 6.54 Å². The number of rotatable bonds is 8. The molecule has 0 aliphatic carbocycles. The summed E-state index contributed by atoms with van der Waals surface area (Å²) in [5.74, 6) is 2.05. The molecule has 0 amide bonds. The summed E-state index contributed by atoms with van der Waals surface area (Å²) in [6.07, 6.45) is 0.523. The van der Waals surface area contributed by atoms with Crippen LogP contribution in [0.25, 0.3) is 10.9 Å². The number of nitrogens with one attached hydrogen (secondary N) is 2. The highest BCUT2D eigenvalue weighted by Gasteiger charge is 2.17. The first kappa shape index (κ1) is 21.9. The maximum atomic E-state index is 12.7. The zero-order valence-electron chi connectivity index (χ0n) is 17.7. The van der Waals surface area contributed by atoms with Crippen molar-refractivity contribution in [2.45, 2.75) is 19.9 Å². The summed E-state index contributed by atoms with van der Waals surface area (Å²) >= 11 is 5.61. The summed E-state index contributed by atoms with van der Waals surface area (Å²) in [5, 5.41) is 13.8. The molecular formula is C23H25N3O5S. The summed E-state index contributed by atoms with van der Waals surface area (Å²) in [7, 11) is 0. The molecule has 1 aliphatic heterocycles. The van der Waals surface area contributed by atoms with E-state index < -0.39 is 0 Å². The predicted octanol–water partition coefficient (Wildman–Crippen LogP) is 3.24. The van der Waals surface area contributed by atoms with Crippen LogP contribution >= 0.6 is 12.2 Å². The second kappa shape index (κ2) is 9.88. The first-order chi connectivity index (χ1) is 15.6. The summed E-state index contributed by atoms with van der Waals surface area (Å²) in [6, 6.07) is 13.0. The van der Waals surface area contributed by atoms with E-state index in [1.807, 2.05) is 48.2 Å². The Morgan fingerprint density at radius 1 is 1.22 bits per heavy atom. The van der Waals surface area contributed by atoms with Gasteiger partial charge in [-0.2, -0.15) is 0 Å². The smallest absolute Gasteiger partial charge is 0.253 e. The molecule has 0 bridgehead atoms. The van der Waals surface area contributed by atoms with Gasteiger partial charge in [0.1, 0.15) is 5.75 Å². The zero-order valence-corrected chi connectivity index (χ0v) is 18.5. The van der Waals surface area contributed by atoms with Gasteiger partial charge in [0.2, 0.25) is 6.79 Å². The molecule has 32 heavy (non-hydrogen) atoms. The summed E-state index contributed by atoms with van der Waals surface area (Å²) in [4.78, 5) is 17.5. The van der Waals surface area contributed by atoms with E-state index in [-0.39, 0.29) is 19.0 Å².